The molecule has 0 unspecified atom stereocenters. The van der Waals surface area contributed by atoms with E-state index in [9.17, 15) is 0 Å². The molecule has 1 fully saturated rings. The Hall–Kier alpha value is -0.0800. The number of aliphatic hydroxyl groups is 1. The summed E-state index contributed by atoms with van der Waals surface area (Å²) >= 11 is 0. The van der Waals surface area contributed by atoms with Crippen LogP contribution in [0.5, 0.6) is 0 Å². The topological polar surface area (TPSA) is 29.5 Å². The molecule has 24 heavy (non-hydrogen) atoms. The maximum absolute atomic E-state index is 8.60. The molecular weight excluding hydrogens is 296 g/mol. The molecule has 0 atom stereocenters. The highest BCUT2D eigenvalue weighted by Gasteiger charge is 2.12. The number of unbranched alkanes of at least 4 members (excludes halogenated alkanes) is 11. The molecule has 2 heteroatoms. The number of hydrogen-bond acceptors (Lipinski definition) is 2. The van der Waals surface area contributed by atoms with E-state index in [2.05, 4.69) is 0 Å². The molecule has 1 rings (SSSR count). The van der Waals surface area contributed by atoms with Crippen LogP contribution in [-0.2, 0) is 4.74 Å². The molecule has 0 bridgehead atoms. The van der Waals surface area contributed by atoms with Gasteiger partial charge in [0.25, 0.3) is 0 Å². The summed E-state index contributed by atoms with van der Waals surface area (Å²) in [5.41, 5.74) is 0. The van der Waals surface area contributed by atoms with Crippen molar-refractivity contribution in [2.45, 2.75) is 116 Å². The largest absolute Gasteiger partial charge is 0.394 e. The molecule has 0 aromatic rings. The quantitative estimate of drug-likeness (QED) is 0.300. The molecule has 1 saturated carbocycles. The van der Waals surface area contributed by atoms with Crippen LogP contribution >= 0.6 is 0 Å². The molecule has 1 N–H and O–H groups in total. The summed E-state index contributed by atoms with van der Waals surface area (Å²) in [7, 11) is 0. The van der Waals surface area contributed by atoms with Crippen molar-refractivity contribution in [1.82, 2.24) is 0 Å². The Kier molecular flexibility index (Phi) is 16.2. The number of hydrogen-bond donors (Lipinski definition) is 1. The monoisotopic (exact) mass is 340 g/mol. The summed E-state index contributed by atoms with van der Waals surface area (Å²) in [5, 5.41) is 8.60. The highest BCUT2D eigenvalue weighted by atomic mass is 16.5. The maximum Gasteiger partial charge on any atom is 0.0697 e. The number of ether oxygens (including phenoxy) is 1. The molecule has 1 aliphatic carbocycles. The Morgan fingerprint density at radius 3 is 1.62 bits per heavy atom. The van der Waals surface area contributed by atoms with E-state index in [1.54, 1.807) is 0 Å². The van der Waals surface area contributed by atoms with Crippen LogP contribution in [0.1, 0.15) is 116 Å². The van der Waals surface area contributed by atoms with Crippen LogP contribution in [0.4, 0.5) is 0 Å². The molecule has 0 aliphatic heterocycles. The van der Waals surface area contributed by atoms with Gasteiger partial charge < -0.3 is 9.84 Å². The van der Waals surface area contributed by atoms with Gasteiger partial charge in [-0.2, -0.15) is 0 Å². The highest BCUT2D eigenvalue weighted by Crippen LogP contribution is 2.28. The van der Waals surface area contributed by atoms with Crippen molar-refractivity contribution in [3.8, 4) is 0 Å². The van der Waals surface area contributed by atoms with Crippen LogP contribution in [0.15, 0.2) is 0 Å². The first-order chi connectivity index (χ1) is 11.9. The van der Waals surface area contributed by atoms with Crippen molar-refractivity contribution in [2.75, 3.05) is 19.8 Å². The Labute approximate surface area is 151 Å². The van der Waals surface area contributed by atoms with E-state index in [0.29, 0.717) is 6.61 Å². The lowest BCUT2D eigenvalue weighted by Crippen LogP contribution is -2.05. The first-order valence-electron chi connectivity index (χ1n) is 11.1. The third-order valence-electron chi connectivity index (χ3n) is 5.61. The second-order valence-corrected chi connectivity index (χ2v) is 7.87. The van der Waals surface area contributed by atoms with Crippen LogP contribution in [0.25, 0.3) is 0 Å². The van der Waals surface area contributed by atoms with Gasteiger partial charge in [0, 0.05) is 6.61 Å². The molecule has 0 radical (unpaired) electrons. The Morgan fingerprint density at radius 1 is 0.583 bits per heavy atom. The zero-order chi connectivity index (χ0) is 17.1. The van der Waals surface area contributed by atoms with Crippen LogP contribution < -0.4 is 0 Å². The van der Waals surface area contributed by atoms with Gasteiger partial charge in [0.1, 0.15) is 0 Å². The predicted octanol–water partition coefficient (Wildman–Crippen LogP) is 6.65. The Balaban J connectivity index is 1.66. The molecule has 0 aromatic carbocycles. The van der Waals surface area contributed by atoms with Crippen molar-refractivity contribution >= 4 is 0 Å². The second kappa shape index (κ2) is 17.7. The summed E-state index contributed by atoms with van der Waals surface area (Å²) in [5.74, 6) is 1.08. The van der Waals surface area contributed by atoms with Crippen molar-refractivity contribution in [3.63, 3.8) is 0 Å². The van der Waals surface area contributed by atoms with Gasteiger partial charge in [-0.25, -0.2) is 0 Å². The molecule has 2 nitrogen and oxygen atoms in total. The lowest BCUT2D eigenvalue weighted by atomic mass is 9.85. The number of aliphatic hydroxyl groups excluding tert-OH is 1. The van der Waals surface area contributed by atoms with Crippen LogP contribution in [0.2, 0.25) is 0 Å². The van der Waals surface area contributed by atoms with Gasteiger partial charge in [-0.05, 0) is 12.3 Å². The third kappa shape index (κ3) is 14.3. The molecule has 0 heterocycles. The zero-order valence-corrected chi connectivity index (χ0v) is 16.3. The average Bonchev–Trinajstić information content (AvgIpc) is 2.62. The van der Waals surface area contributed by atoms with E-state index in [-0.39, 0.29) is 6.61 Å². The van der Waals surface area contributed by atoms with Crippen molar-refractivity contribution in [1.29, 1.82) is 0 Å². The summed E-state index contributed by atoms with van der Waals surface area (Å²) in [6.45, 7) is 1.47. The zero-order valence-electron chi connectivity index (χ0n) is 16.3. The lowest BCUT2D eigenvalue weighted by molar-refractivity contribution is 0.0895. The lowest BCUT2D eigenvalue weighted by Gasteiger charge is -2.21. The van der Waals surface area contributed by atoms with Gasteiger partial charge in [-0.15, -0.1) is 0 Å². The normalized spacial score (nSPS) is 15.9. The van der Waals surface area contributed by atoms with Gasteiger partial charge in [0.2, 0.25) is 0 Å². The van der Waals surface area contributed by atoms with E-state index in [0.717, 1.165) is 18.9 Å². The van der Waals surface area contributed by atoms with Gasteiger partial charge in [0.15, 0.2) is 0 Å². The fourth-order valence-corrected chi connectivity index (χ4v) is 4.05. The third-order valence-corrected chi connectivity index (χ3v) is 5.61. The van der Waals surface area contributed by atoms with Crippen molar-refractivity contribution < 1.29 is 9.84 Å². The van der Waals surface area contributed by atoms with Gasteiger partial charge in [-0.3, -0.25) is 0 Å². The summed E-state index contributed by atoms with van der Waals surface area (Å²) in [6, 6.07) is 0. The molecule has 0 spiro atoms. The fraction of sp³-hybridized carbons (Fsp3) is 1.00. The van der Waals surface area contributed by atoms with Crippen molar-refractivity contribution in [2.24, 2.45) is 5.92 Å². The highest BCUT2D eigenvalue weighted by molar-refractivity contribution is 4.65. The Bertz CT molecular complexity index is 236. The van der Waals surface area contributed by atoms with E-state index < -0.39 is 0 Å². The standard InChI is InChI=1S/C22H44O2/c23-19-21-24-20-15-10-8-6-4-2-1-3-5-7-9-12-16-22-17-13-11-14-18-22/h22-23H,1-21H2. The molecule has 0 amide bonds. The van der Waals surface area contributed by atoms with E-state index in [1.165, 1.54) is 109 Å². The first kappa shape index (κ1) is 22.0. The molecule has 0 saturated heterocycles. The van der Waals surface area contributed by atoms with Crippen LogP contribution in [0, 0.1) is 5.92 Å². The van der Waals surface area contributed by atoms with E-state index in [1.807, 2.05) is 0 Å². The minimum Gasteiger partial charge on any atom is -0.394 e. The Morgan fingerprint density at radius 2 is 1.08 bits per heavy atom. The van der Waals surface area contributed by atoms with Crippen LogP contribution in [-0.4, -0.2) is 24.9 Å². The molecular formula is C22H44O2. The summed E-state index contributed by atoms with van der Waals surface area (Å²) < 4.78 is 5.27. The van der Waals surface area contributed by atoms with Gasteiger partial charge >= 0.3 is 0 Å². The summed E-state index contributed by atoms with van der Waals surface area (Å²) in [6.07, 6.45) is 25.9. The van der Waals surface area contributed by atoms with Gasteiger partial charge in [0.05, 0.1) is 13.2 Å². The second-order valence-electron chi connectivity index (χ2n) is 7.87. The smallest absolute Gasteiger partial charge is 0.0697 e. The SMILES string of the molecule is OCCOCCCCCCCCCCCCCCC1CCCCC1. The maximum atomic E-state index is 8.60. The first-order valence-corrected chi connectivity index (χ1v) is 11.1. The fourth-order valence-electron chi connectivity index (χ4n) is 4.05. The van der Waals surface area contributed by atoms with E-state index in [4.69, 9.17) is 9.84 Å². The molecule has 144 valence electrons. The predicted molar refractivity (Wildman–Crippen MR) is 105 cm³/mol. The average molecular weight is 341 g/mol. The van der Waals surface area contributed by atoms with Crippen LogP contribution in [0.3, 0.4) is 0 Å². The minimum absolute atomic E-state index is 0.153. The van der Waals surface area contributed by atoms with E-state index >= 15 is 0 Å². The molecule has 1 aliphatic rings. The van der Waals surface area contributed by atoms with Crippen molar-refractivity contribution in [3.05, 3.63) is 0 Å². The van der Waals surface area contributed by atoms with Gasteiger partial charge in [-0.1, -0.05) is 109 Å². The minimum atomic E-state index is 0.153. The number of rotatable bonds is 17. The molecule has 0 aromatic heterocycles. The summed E-state index contributed by atoms with van der Waals surface area (Å²) in [4.78, 5) is 0.